The summed E-state index contributed by atoms with van der Waals surface area (Å²) in [6.07, 6.45) is 0.958. The highest BCUT2D eigenvalue weighted by Gasteiger charge is 2.26. The van der Waals surface area contributed by atoms with E-state index in [2.05, 4.69) is 15.3 Å². The van der Waals surface area contributed by atoms with Gasteiger partial charge in [0.15, 0.2) is 5.82 Å². The quantitative estimate of drug-likeness (QED) is 0.760. The Balaban J connectivity index is 2.21. The Hall–Kier alpha value is -1.32. The number of anilines is 2. The van der Waals surface area contributed by atoms with Gasteiger partial charge in [-0.05, 0) is 18.0 Å². The van der Waals surface area contributed by atoms with Gasteiger partial charge in [0.1, 0.15) is 16.6 Å². The molecule has 0 saturated carbocycles. The van der Waals surface area contributed by atoms with Crippen LogP contribution in [0.3, 0.4) is 0 Å². The summed E-state index contributed by atoms with van der Waals surface area (Å²) in [4.78, 5) is 2.08. The number of nitrogen functional groups attached to an aromatic ring is 1. The van der Waals surface area contributed by atoms with E-state index in [9.17, 15) is 0 Å². The zero-order valence-electron chi connectivity index (χ0n) is 8.18. The molecule has 1 atom stereocenters. The Bertz CT molecular complexity index is 397. The molecule has 1 saturated heterocycles. The fraction of sp³-hybridized carbons (Fsp3) is 0.556. The van der Waals surface area contributed by atoms with Gasteiger partial charge in [0.25, 0.3) is 0 Å². The molecular formula is C9H12N4OS. The third kappa shape index (κ3) is 1.76. The summed E-state index contributed by atoms with van der Waals surface area (Å²) < 4.78 is 3.98. The monoisotopic (exact) mass is 224 g/mol. The molecule has 6 heteroatoms. The maximum atomic E-state index is 9.03. The van der Waals surface area contributed by atoms with Crippen LogP contribution in [-0.2, 0) is 0 Å². The van der Waals surface area contributed by atoms with E-state index in [0.29, 0.717) is 17.3 Å². The predicted molar refractivity (Wildman–Crippen MR) is 58.6 cm³/mol. The minimum absolute atomic E-state index is 0.201. The summed E-state index contributed by atoms with van der Waals surface area (Å²) in [5.41, 5.74) is 6.06. The lowest BCUT2D eigenvalue weighted by molar-refractivity contribution is 0.239. The standard InChI is InChI=1S/C9H12N4OS/c10-3-7-8(11)12-15-9(7)13-2-1-6(4-13)5-14/h6,14H,1-2,4-5H2,(H2,11,12). The highest BCUT2D eigenvalue weighted by molar-refractivity contribution is 7.10. The van der Waals surface area contributed by atoms with Gasteiger partial charge >= 0.3 is 0 Å². The van der Waals surface area contributed by atoms with Gasteiger partial charge in [-0.15, -0.1) is 0 Å². The van der Waals surface area contributed by atoms with Crippen molar-refractivity contribution >= 4 is 22.4 Å². The first-order chi connectivity index (χ1) is 7.26. The second kappa shape index (κ2) is 4.04. The van der Waals surface area contributed by atoms with Crippen LogP contribution in [0.2, 0.25) is 0 Å². The van der Waals surface area contributed by atoms with E-state index in [1.165, 1.54) is 11.5 Å². The fourth-order valence-electron chi connectivity index (χ4n) is 1.78. The van der Waals surface area contributed by atoms with Crippen molar-refractivity contribution in [1.29, 1.82) is 5.26 Å². The van der Waals surface area contributed by atoms with Crippen molar-refractivity contribution in [2.75, 3.05) is 30.3 Å². The highest BCUT2D eigenvalue weighted by atomic mass is 32.1. The molecule has 0 spiro atoms. The molecule has 15 heavy (non-hydrogen) atoms. The molecule has 0 amide bonds. The molecule has 1 aromatic rings. The zero-order chi connectivity index (χ0) is 10.8. The second-order valence-corrected chi connectivity index (χ2v) is 4.39. The summed E-state index contributed by atoms with van der Waals surface area (Å²) in [6.45, 7) is 1.85. The van der Waals surface area contributed by atoms with Crippen LogP contribution in [0.25, 0.3) is 0 Å². The van der Waals surface area contributed by atoms with Crippen LogP contribution < -0.4 is 10.6 Å². The second-order valence-electron chi connectivity index (χ2n) is 3.64. The van der Waals surface area contributed by atoms with Crippen molar-refractivity contribution in [2.24, 2.45) is 5.92 Å². The molecule has 3 N–H and O–H groups in total. The van der Waals surface area contributed by atoms with Gasteiger partial charge in [-0.3, -0.25) is 0 Å². The normalized spacial score (nSPS) is 20.5. The van der Waals surface area contributed by atoms with Crippen LogP contribution >= 0.6 is 11.5 Å². The summed E-state index contributed by atoms with van der Waals surface area (Å²) in [5.74, 6) is 0.616. The van der Waals surface area contributed by atoms with Crippen molar-refractivity contribution in [1.82, 2.24) is 4.37 Å². The van der Waals surface area contributed by atoms with E-state index in [0.717, 1.165) is 24.5 Å². The van der Waals surface area contributed by atoms with E-state index < -0.39 is 0 Å². The molecule has 1 aliphatic rings. The molecule has 1 aliphatic heterocycles. The van der Waals surface area contributed by atoms with Crippen LogP contribution in [0.4, 0.5) is 10.8 Å². The minimum Gasteiger partial charge on any atom is -0.396 e. The van der Waals surface area contributed by atoms with Crippen molar-refractivity contribution in [3.8, 4) is 6.07 Å². The third-order valence-corrected chi connectivity index (χ3v) is 3.57. The number of nitriles is 1. The summed E-state index contributed by atoms with van der Waals surface area (Å²) in [7, 11) is 0. The van der Waals surface area contributed by atoms with Crippen LogP contribution in [0, 0.1) is 17.2 Å². The van der Waals surface area contributed by atoms with Crippen molar-refractivity contribution in [3.63, 3.8) is 0 Å². The van der Waals surface area contributed by atoms with Crippen molar-refractivity contribution in [3.05, 3.63) is 5.56 Å². The first kappa shape index (κ1) is 10.2. The average Bonchev–Trinajstić information content (AvgIpc) is 2.83. The van der Waals surface area contributed by atoms with Crippen LogP contribution in [0.1, 0.15) is 12.0 Å². The SMILES string of the molecule is N#Cc1c(N)nsc1N1CCC(CO)C1. The van der Waals surface area contributed by atoms with Crippen LogP contribution in [-0.4, -0.2) is 29.2 Å². The molecule has 5 nitrogen and oxygen atoms in total. The van der Waals surface area contributed by atoms with Gasteiger partial charge in [0.2, 0.25) is 0 Å². The maximum absolute atomic E-state index is 9.03. The van der Waals surface area contributed by atoms with Gasteiger partial charge < -0.3 is 15.7 Å². The first-order valence-corrected chi connectivity index (χ1v) is 5.54. The molecule has 0 bridgehead atoms. The first-order valence-electron chi connectivity index (χ1n) is 4.77. The van der Waals surface area contributed by atoms with E-state index in [-0.39, 0.29) is 6.61 Å². The van der Waals surface area contributed by atoms with E-state index in [1.54, 1.807) is 0 Å². The van der Waals surface area contributed by atoms with E-state index >= 15 is 0 Å². The molecular weight excluding hydrogens is 212 g/mol. The minimum atomic E-state index is 0.201. The van der Waals surface area contributed by atoms with Gasteiger partial charge in [-0.2, -0.15) is 9.64 Å². The zero-order valence-corrected chi connectivity index (χ0v) is 9.00. The van der Waals surface area contributed by atoms with Crippen molar-refractivity contribution in [2.45, 2.75) is 6.42 Å². The Morgan fingerprint density at radius 3 is 3.13 bits per heavy atom. The van der Waals surface area contributed by atoms with Gasteiger partial charge in [0.05, 0.1) is 0 Å². The Morgan fingerprint density at radius 2 is 2.53 bits per heavy atom. The smallest absolute Gasteiger partial charge is 0.157 e. The lowest BCUT2D eigenvalue weighted by Gasteiger charge is -2.15. The third-order valence-electron chi connectivity index (χ3n) is 2.64. The number of aromatic nitrogens is 1. The average molecular weight is 224 g/mol. The number of nitrogens with two attached hydrogens (primary N) is 1. The summed E-state index contributed by atoms with van der Waals surface area (Å²) >= 11 is 1.26. The Kier molecular flexibility index (Phi) is 2.75. The van der Waals surface area contributed by atoms with E-state index in [1.807, 2.05) is 0 Å². The fourth-order valence-corrected chi connectivity index (χ4v) is 2.58. The molecule has 0 aromatic carbocycles. The highest BCUT2D eigenvalue weighted by Crippen LogP contribution is 2.33. The lowest BCUT2D eigenvalue weighted by atomic mass is 10.1. The van der Waals surface area contributed by atoms with E-state index in [4.69, 9.17) is 16.1 Å². The van der Waals surface area contributed by atoms with Gasteiger partial charge in [-0.1, -0.05) is 0 Å². The number of nitrogens with zero attached hydrogens (tertiary/aromatic N) is 3. The molecule has 2 rings (SSSR count). The molecule has 1 unspecified atom stereocenters. The molecule has 80 valence electrons. The Morgan fingerprint density at radius 1 is 1.73 bits per heavy atom. The van der Waals surface area contributed by atoms with Gasteiger partial charge in [-0.25, -0.2) is 0 Å². The number of hydrogen-bond acceptors (Lipinski definition) is 6. The summed E-state index contributed by atoms with van der Waals surface area (Å²) in [5, 5.41) is 18.8. The maximum Gasteiger partial charge on any atom is 0.157 e. The van der Waals surface area contributed by atoms with Crippen molar-refractivity contribution < 1.29 is 5.11 Å². The molecule has 0 aliphatic carbocycles. The lowest BCUT2D eigenvalue weighted by Crippen LogP contribution is -2.20. The van der Waals surface area contributed by atoms with Crippen LogP contribution in [0.15, 0.2) is 0 Å². The molecule has 0 radical (unpaired) electrons. The number of rotatable bonds is 2. The molecule has 2 heterocycles. The summed E-state index contributed by atoms with van der Waals surface area (Å²) in [6, 6.07) is 2.07. The Labute approximate surface area is 91.9 Å². The largest absolute Gasteiger partial charge is 0.396 e. The predicted octanol–water partition coefficient (Wildman–Crippen LogP) is 0.416. The number of aliphatic hydroxyl groups excluding tert-OH is 1. The number of hydrogen-bond donors (Lipinski definition) is 2. The molecule has 1 fully saturated rings. The van der Waals surface area contributed by atoms with Gasteiger partial charge in [0, 0.05) is 25.6 Å². The molecule has 1 aromatic heterocycles. The van der Waals surface area contributed by atoms with Crippen LogP contribution in [0.5, 0.6) is 0 Å². The topological polar surface area (TPSA) is 86.2 Å². The number of aliphatic hydroxyl groups is 1.